The molecule has 0 aliphatic heterocycles. The van der Waals surface area contributed by atoms with Crippen molar-refractivity contribution in [3.63, 3.8) is 0 Å². The zero-order chi connectivity index (χ0) is 19.5. The Morgan fingerprint density at radius 1 is 1.04 bits per heavy atom. The minimum Gasteiger partial charge on any atom is -0.309 e. The molecule has 0 saturated heterocycles. The molecule has 5 nitrogen and oxygen atoms in total. The first-order valence-corrected chi connectivity index (χ1v) is 9.70. The molecule has 4 aromatic rings. The molecule has 2 aromatic heterocycles. The lowest BCUT2D eigenvalue weighted by atomic mass is 10.1. The largest absolute Gasteiger partial charge is 0.309 e. The van der Waals surface area contributed by atoms with Gasteiger partial charge < -0.3 is 4.98 Å². The van der Waals surface area contributed by atoms with Crippen molar-refractivity contribution >= 4 is 21.8 Å². The Morgan fingerprint density at radius 3 is 2.71 bits per heavy atom. The van der Waals surface area contributed by atoms with E-state index in [4.69, 9.17) is 0 Å². The normalized spacial score (nSPS) is 12.7. The Bertz CT molecular complexity index is 1160. The summed E-state index contributed by atoms with van der Waals surface area (Å²) in [6.07, 6.45) is 2.85. The first-order valence-electron chi connectivity index (χ1n) is 9.70. The van der Waals surface area contributed by atoms with Crippen molar-refractivity contribution in [2.24, 2.45) is 0 Å². The minimum absolute atomic E-state index is 0.0865. The summed E-state index contributed by atoms with van der Waals surface area (Å²) in [4.78, 5) is 27.0. The number of aromatic amines is 1. The van der Waals surface area contributed by atoms with Crippen LogP contribution in [0.3, 0.4) is 0 Å². The second-order valence-electron chi connectivity index (χ2n) is 7.18. The molecule has 1 unspecified atom stereocenters. The first kappa shape index (κ1) is 18.3. The molecule has 5 heteroatoms. The minimum atomic E-state index is -0.0865. The van der Waals surface area contributed by atoms with E-state index in [2.05, 4.69) is 58.0 Å². The molecule has 0 aliphatic rings. The maximum absolute atomic E-state index is 12.4. The topological polar surface area (TPSA) is 61.9 Å². The molecule has 0 fully saturated rings. The molecule has 1 atom stereocenters. The van der Waals surface area contributed by atoms with E-state index in [1.807, 2.05) is 30.5 Å². The molecule has 0 amide bonds. The molecule has 0 aliphatic carbocycles. The number of benzene rings is 2. The predicted octanol–water partition coefficient (Wildman–Crippen LogP) is 4.27. The van der Waals surface area contributed by atoms with Gasteiger partial charge in [0, 0.05) is 24.2 Å². The highest BCUT2D eigenvalue weighted by Crippen LogP contribution is 2.20. The number of nitrogens with one attached hydrogen (secondary N) is 1. The van der Waals surface area contributed by atoms with Crippen LogP contribution in [0.2, 0.25) is 0 Å². The van der Waals surface area contributed by atoms with Crippen LogP contribution in [0.25, 0.3) is 21.8 Å². The van der Waals surface area contributed by atoms with Crippen LogP contribution < -0.4 is 5.56 Å². The standard InChI is InChI=1S/C23H24N4O/c1-3-16(2)27(14-18-9-6-8-17-10-7-13-24-22(17)18)15-21-25-20-12-5-4-11-19(20)23(28)26-21/h4-13,16H,3,14-15H2,1-2H3,(H,25,26,28). The van der Waals surface area contributed by atoms with E-state index in [1.54, 1.807) is 6.07 Å². The van der Waals surface area contributed by atoms with Gasteiger partial charge in [-0.05, 0) is 37.1 Å². The average molecular weight is 372 g/mol. The third kappa shape index (κ3) is 3.66. The van der Waals surface area contributed by atoms with Crippen molar-refractivity contribution < 1.29 is 0 Å². The summed E-state index contributed by atoms with van der Waals surface area (Å²) in [6, 6.07) is 18.1. The smallest absolute Gasteiger partial charge is 0.258 e. The molecule has 142 valence electrons. The molecule has 28 heavy (non-hydrogen) atoms. The zero-order valence-corrected chi connectivity index (χ0v) is 16.2. The van der Waals surface area contributed by atoms with E-state index < -0.39 is 0 Å². The first-order chi connectivity index (χ1) is 13.7. The predicted molar refractivity (Wildman–Crippen MR) is 113 cm³/mol. The highest BCUT2D eigenvalue weighted by molar-refractivity contribution is 5.81. The van der Waals surface area contributed by atoms with Crippen molar-refractivity contribution in [2.45, 2.75) is 39.4 Å². The highest BCUT2D eigenvalue weighted by atomic mass is 16.1. The third-order valence-corrected chi connectivity index (χ3v) is 5.32. The maximum atomic E-state index is 12.4. The van der Waals surface area contributed by atoms with Gasteiger partial charge in [0.05, 0.1) is 23.0 Å². The van der Waals surface area contributed by atoms with Crippen LogP contribution in [-0.2, 0) is 13.1 Å². The summed E-state index contributed by atoms with van der Waals surface area (Å²) < 4.78 is 0. The quantitative estimate of drug-likeness (QED) is 0.549. The Labute approximate surface area is 164 Å². The van der Waals surface area contributed by atoms with Crippen molar-refractivity contribution in [3.05, 3.63) is 82.5 Å². The molecule has 0 bridgehead atoms. The number of fused-ring (bicyclic) bond motifs is 2. The summed E-state index contributed by atoms with van der Waals surface area (Å²) in [5, 5.41) is 1.76. The number of aromatic nitrogens is 3. The Morgan fingerprint density at radius 2 is 1.86 bits per heavy atom. The van der Waals surface area contributed by atoms with Gasteiger partial charge in [0.1, 0.15) is 5.82 Å². The van der Waals surface area contributed by atoms with Crippen LogP contribution >= 0.6 is 0 Å². The molecule has 2 heterocycles. The van der Waals surface area contributed by atoms with Gasteiger partial charge in [0.2, 0.25) is 0 Å². The number of nitrogens with zero attached hydrogens (tertiary/aromatic N) is 3. The van der Waals surface area contributed by atoms with Crippen LogP contribution in [0.5, 0.6) is 0 Å². The average Bonchev–Trinajstić information content (AvgIpc) is 2.73. The van der Waals surface area contributed by atoms with E-state index >= 15 is 0 Å². The lowest BCUT2D eigenvalue weighted by Crippen LogP contribution is -2.33. The number of rotatable bonds is 6. The fraction of sp³-hybridized carbons (Fsp3) is 0.261. The fourth-order valence-electron chi connectivity index (χ4n) is 3.54. The Hall–Kier alpha value is -3.05. The maximum Gasteiger partial charge on any atom is 0.258 e. The summed E-state index contributed by atoms with van der Waals surface area (Å²) in [6.45, 7) is 5.71. The molecule has 0 radical (unpaired) electrons. The summed E-state index contributed by atoms with van der Waals surface area (Å²) in [7, 11) is 0. The van der Waals surface area contributed by atoms with Gasteiger partial charge >= 0.3 is 0 Å². The SMILES string of the molecule is CCC(C)N(Cc1nc2ccccc2c(=O)[nH]1)Cc1cccc2cccnc12. The van der Waals surface area contributed by atoms with Gasteiger partial charge in [-0.2, -0.15) is 0 Å². The van der Waals surface area contributed by atoms with Crippen molar-refractivity contribution in [2.75, 3.05) is 0 Å². The van der Waals surface area contributed by atoms with Gasteiger partial charge in [-0.15, -0.1) is 0 Å². The summed E-state index contributed by atoms with van der Waals surface area (Å²) in [5.74, 6) is 0.692. The third-order valence-electron chi connectivity index (χ3n) is 5.32. The summed E-state index contributed by atoms with van der Waals surface area (Å²) in [5.41, 5.74) is 2.86. The van der Waals surface area contributed by atoms with Gasteiger partial charge in [-0.3, -0.25) is 14.7 Å². The second-order valence-corrected chi connectivity index (χ2v) is 7.18. The van der Waals surface area contributed by atoms with E-state index in [-0.39, 0.29) is 5.56 Å². The van der Waals surface area contributed by atoms with Crippen LogP contribution in [0, 0.1) is 0 Å². The van der Waals surface area contributed by atoms with Gasteiger partial charge in [-0.1, -0.05) is 43.3 Å². The van der Waals surface area contributed by atoms with Crippen LogP contribution in [0.15, 0.2) is 65.6 Å². The highest BCUT2D eigenvalue weighted by Gasteiger charge is 2.17. The zero-order valence-electron chi connectivity index (χ0n) is 16.2. The van der Waals surface area contributed by atoms with Crippen molar-refractivity contribution in [3.8, 4) is 0 Å². The molecule has 0 saturated carbocycles. The van der Waals surface area contributed by atoms with E-state index in [0.29, 0.717) is 23.8 Å². The van der Waals surface area contributed by atoms with Gasteiger partial charge in [-0.25, -0.2) is 4.98 Å². The van der Waals surface area contributed by atoms with E-state index in [1.165, 1.54) is 5.56 Å². The Balaban J connectivity index is 1.68. The van der Waals surface area contributed by atoms with E-state index in [0.717, 1.165) is 29.4 Å². The Kier molecular flexibility index (Phi) is 5.17. The second kappa shape index (κ2) is 7.90. The molecule has 0 spiro atoms. The molecule has 4 rings (SSSR count). The van der Waals surface area contributed by atoms with Gasteiger partial charge in [0.15, 0.2) is 0 Å². The fourth-order valence-corrected chi connectivity index (χ4v) is 3.54. The monoisotopic (exact) mass is 372 g/mol. The van der Waals surface area contributed by atoms with Crippen molar-refractivity contribution in [1.29, 1.82) is 0 Å². The van der Waals surface area contributed by atoms with Crippen molar-refractivity contribution in [1.82, 2.24) is 19.9 Å². The number of pyridine rings is 1. The number of hydrogen-bond donors (Lipinski definition) is 1. The van der Waals surface area contributed by atoms with Crippen LogP contribution in [0.1, 0.15) is 31.7 Å². The van der Waals surface area contributed by atoms with Crippen LogP contribution in [-0.4, -0.2) is 25.9 Å². The number of para-hydroxylation sites is 2. The number of H-pyrrole nitrogens is 1. The molecular weight excluding hydrogens is 348 g/mol. The lowest BCUT2D eigenvalue weighted by Gasteiger charge is -2.28. The van der Waals surface area contributed by atoms with E-state index in [9.17, 15) is 4.79 Å². The van der Waals surface area contributed by atoms with Crippen LogP contribution in [0.4, 0.5) is 0 Å². The molecular formula is C23H24N4O. The lowest BCUT2D eigenvalue weighted by molar-refractivity contribution is 0.182. The summed E-state index contributed by atoms with van der Waals surface area (Å²) >= 11 is 0. The molecule has 2 aromatic carbocycles. The van der Waals surface area contributed by atoms with Gasteiger partial charge in [0.25, 0.3) is 5.56 Å². The number of hydrogen-bond acceptors (Lipinski definition) is 4. The molecule has 1 N–H and O–H groups in total.